The molecule has 6 nitrogen and oxygen atoms in total. The van der Waals surface area contributed by atoms with Crippen molar-refractivity contribution in [2.75, 3.05) is 9.80 Å². The molecule has 16 aromatic rings. The van der Waals surface area contributed by atoms with Crippen LogP contribution in [0.2, 0.25) is 0 Å². The highest BCUT2D eigenvalue weighted by atomic mass is 16.3. The third-order valence-electron chi connectivity index (χ3n) is 16.5. The van der Waals surface area contributed by atoms with Crippen LogP contribution in [0.25, 0.3) is 98.9 Å². The molecule has 17 rings (SSSR count). The van der Waals surface area contributed by atoms with Crippen LogP contribution in [0.1, 0.15) is 22.3 Å². The lowest BCUT2D eigenvalue weighted by Crippen LogP contribution is -2.29. The lowest BCUT2D eigenvalue weighted by molar-refractivity contribution is 0.668. The largest absolute Gasteiger partial charge is 0.456 e. The Bertz CT molecular complexity index is 5050. The van der Waals surface area contributed by atoms with Gasteiger partial charge in [0.1, 0.15) is 39.1 Å². The monoisotopic (exact) mass is 1010 g/mol. The molecule has 0 aliphatic heterocycles. The molecule has 12 aromatic carbocycles. The Balaban J connectivity index is 1.06. The molecule has 370 valence electrons. The number of hydrogen-bond acceptors (Lipinski definition) is 6. The van der Waals surface area contributed by atoms with Gasteiger partial charge in [0.25, 0.3) is 0 Å². The van der Waals surface area contributed by atoms with Gasteiger partial charge in [0, 0.05) is 71.6 Å². The quantitative estimate of drug-likeness (QED) is 0.151. The summed E-state index contributed by atoms with van der Waals surface area (Å²) >= 11 is 0. The summed E-state index contributed by atoms with van der Waals surface area (Å²) in [6.07, 6.45) is 0. The second kappa shape index (κ2) is 16.7. The second-order valence-electron chi connectivity index (χ2n) is 20.6. The van der Waals surface area contributed by atoms with E-state index in [9.17, 15) is 0 Å². The molecule has 0 radical (unpaired) electrons. The van der Waals surface area contributed by atoms with Crippen LogP contribution in [-0.4, -0.2) is 0 Å². The molecule has 0 unspecified atom stereocenters. The van der Waals surface area contributed by atoms with E-state index in [1.54, 1.807) is 0 Å². The molecule has 1 aliphatic carbocycles. The Kier molecular flexibility index (Phi) is 9.24. The van der Waals surface area contributed by atoms with Gasteiger partial charge in [-0.1, -0.05) is 170 Å². The fourth-order valence-corrected chi connectivity index (χ4v) is 13.2. The van der Waals surface area contributed by atoms with E-state index >= 15 is 0 Å². The highest BCUT2D eigenvalue weighted by Gasteiger charge is 2.50. The highest BCUT2D eigenvalue weighted by molar-refractivity contribution is 6.26. The van der Waals surface area contributed by atoms with E-state index < -0.39 is 5.41 Å². The minimum Gasteiger partial charge on any atom is -0.456 e. The summed E-state index contributed by atoms with van der Waals surface area (Å²) in [4.78, 5) is 4.78. The van der Waals surface area contributed by atoms with Crippen molar-refractivity contribution in [3.8, 4) is 11.1 Å². The van der Waals surface area contributed by atoms with Gasteiger partial charge in [-0.25, -0.2) is 0 Å². The Morgan fingerprint density at radius 3 is 1.15 bits per heavy atom. The maximum absolute atomic E-state index is 7.53. The molecule has 4 heterocycles. The van der Waals surface area contributed by atoms with Gasteiger partial charge in [-0.3, -0.25) is 0 Å². The summed E-state index contributed by atoms with van der Waals surface area (Å²) in [7, 11) is 0. The molecular weight excluding hydrogens is 969 g/mol. The van der Waals surface area contributed by atoms with Crippen LogP contribution < -0.4 is 9.80 Å². The van der Waals surface area contributed by atoms with Gasteiger partial charge in [0.15, 0.2) is 5.58 Å². The number of furan rings is 4. The fourth-order valence-electron chi connectivity index (χ4n) is 13.2. The first-order chi connectivity index (χ1) is 39.2. The minimum atomic E-state index is -0.920. The number of para-hydroxylation sites is 6. The zero-order chi connectivity index (χ0) is 51.8. The van der Waals surface area contributed by atoms with Gasteiger partial charge >= 0.3 is 0 Å². The standard InChI is InChI=1S/C73H44N2O4/c1-5-21-45(22-6-1)73(46-23-7-2-8-24-46)57-44-60(75(48-27-11-4-12-28-48)50-38-40-66-56(42-50)52-30-14-18-34-62(52)77-66)71-68(54-32-16-20-36-64(54)78-71)69(57)70-58(73)43-59(67-53-31-15-19-35-63(53)79-72(67)70)74(47-25-9-3-10-26-47)49-37-39-65-55(41-49)51-29-13-17-33-61(51)76-65/h1-44H. The zero-order valence-corrected chi connectivity index (χ0v) is 42.4. The molecule has 0 saturated heterocycles. The van der Waals surface area contributed by atoms with E-state index in [1.807, 2.05) is 24.3 Å². The fraction of sp³-hybridized carbons (Fsp3) is 0.0137. The van der Waals surface area contributed by atoms with E-state index in [2.05, 4.69) is 252 Å². The predicted molar refractivity (Wildman–Crippen MR) is 322 cm³/mol. The van der Waals surface area contributed by atoms with Crippen molar-refractivity contribution in [3.05, 3.63) is 289 Å². The van der Waals surface area contributed by atoms with Crippen LogP contribution in [0, 0.1) is 0 Å². The first kappa shape index (κ1) is 43.7. The SMILES string of the molecule is c1ccc(N(c2ccc3oc4ccccc4c3c2)c2cc3c(c4c2oc2ccccc24)-c2c(cc(N(c4ccccc4)c4ccc5oc6ccccc6c5c4)c4c2oc2ccccc24)C3(c2ccccc2)c2ccccc2)cc1. The van der Waals surface area contributed by atoms with Crippen molar-refractivity contribution in [1.29, 1.82) is 0 Å². The van der Waals surface area contributed by atoms with Crippen molar-refractivity contribution in [2.24, 2.45) is 0 Å². The van der Waals surface area contributed by atoms with Gasteiger partial charge in [0.05, 0.1) is 22.2 Å². The Morgan fingerprint density at radius 1 is 0.253 bits per heavy atom. The van der Waals surface area contributed by atoms with Gasteiger partial charge in [-0.05, 0) is 119 Å². The van der Waals surface area contributed by atoms with E-state index in [1.165, 1.54) is 0 Å². The van der Waals surface area contributed by atoms with Crippen LogP contribution in [0.3, 0.4) is 0 Å². The van der Waals surface area contributed by atoms with Gasteiger partial charge in [0.2, 0.25) is 0 Å². The van der Waals surface area contributed by atoms with Gasteiger partial charge < -0.3 is 27.5 Å². The third-order valence-corrected chi connectivity index (χ3v) is 16.5. The van der Waals surface area contributed by atoms with Crippen molar-refractivity contribution in [3.63, 3.8) is 0 Å². The Labute approximate surface area is 452 Å². The molecule has 0 amide bonds. The maximum Gasteiger partial charge on any atom is 0.160 e. The average molecular weight is 1010 g/mol. The van der Waals surface area contributed by atoms with Crippen molar-refractivity contribution < 1.29 is 17.7 Å². The van der Waals surface area contributed by atoms with Crippen LogP contribution >= 0.6 is 0 Å². The van der Waals surface area contributed by atoms with E-state index in [-0.39, 0.29) is 0 Å². The summed E-state index contributed by atoms with van der Waals surface area (Å²) in [6.45, 7) is 0. The molecule has 79 heavy (non-hydrogen) atoms. The molecule has 0 bridgehead atoms. The molecule has 0 atom stereocenters. The van der Waals surface area contributed by atoms with Gasteiger partial charge in [-0.2, -0.15) is 0 Å². The number of rotatable bonds is 8. The zero-order valence-electron chi connectivity index (χ0n) is 42.4. The molecule has 0 fully saturated rings. The van der Waals surface area contributed by atoms with E-state index in [4.69, 9.17) is 17.7 Å². The van der Waals surface area contributed by atoms with Crippen LogP contribution in [-0.2, 0) is 5.41 Å². The number of fused-ring (bicyclic) bond motifs is 17. The van der Waals surface area contributed by atoms with Crippen molar-refractivity contribution >= 4 is 122 Å². The summed E-state index contributed by atoms with van der Waals surface area (Å²) in [5, 5.41) is 8.27. The van der Waals surface area contributed by atoms with Gasteiger partial charge in [-0.15, -0.1) is 0 Å². The number of benzene rings is 12. The predicted octanol–water partition coefficient (Wildman–Crippen LogP) is 20.6. The molecule has 4 aromatic heterocycles. The maximum atomic E-state index is 7.53. The third kappa shape index (κ3) is 6.22. The number of hydrogen-bond donors (Lipinski definition) is 0. The van der Waals surface area contributed by atoms with Crippen LogP contribution in [0.15, 0.2) is 285 Å². The average Bonchev–Trinajstić information content (AvgIpc) is 3.13. The lowest BCUT2D eigenvalue weighted by atomic mass is 9.67. The normalized spacial score (nSPS) is 12.9. The number of anilines is 6. The molecule has 0 N–H and O–H groups in total. The summed E-state index contributed by atoms with van der Waals surface area (Å²) in [5.74, 6) is 0. The lowest BCUT2D eigenvalue weighted by Gasteiger charge is -2.36. The van der Waals surface area contributed by atoms with Crippen molar-refractivity contribution in [1.82, 2.24) is 0 Å². The summed E-state index contributed by atoms with van der Waals surface area (Å²) < 4.78 is 27.8. The molecule has 6 heteroatoms. The first-order valence-corrected chi connectivity index (χ1v) is 26.8. The second-order valence-corrected chi connectivity index (χ2v) is 20.6. The first-order valence-electron chi connectivity index (χ1n) is 26.8. The van der Waals surface area contributed by atoms with Crippen molar-refractivity contribution in [2.45, 2.75) is 5.41 Å². The minimum absolute atomic E-state index is 0.767. The molecule has 0 saturated carbocycles. The topological polar surface area (TPSA) is 59.0 Å². The van der Waals surface area contributed by atoms with E-state index in [0.717, 1.165) is 155 Å². The Hall–Kier alpha value is -10.6. The Morgan fingerprint density at radius 2 is 0.633 bits per heavy atom. The molecule has 0 spiro atoms. The smallest absolute Gasteiger partial charge is 0.160 e. The summed E-state index contributed by atoms with van der Waals surface area (Å²) in [5.41, 5.74) is 18.0. The highest BCUT2D eigenvalue weighted by Crippen LogP contribution is 2.64. The molecular formula is C73H44N2O4. The number of nitrogens with zero attached hydrogens (tertiary/aromatic N) is 2. The molecule has 1 aliphatic rings. The summed E-state index contributed by atoms with van der Waals surface area (Å²) in [6, 6.07) is 95.0. The van der Waals surface area contributed by atoms with Crippen LogP contribution in [0.5, 0.6) is 0 Å². The van der Waals surface area contributed by atoms with E-state index in [0.29, 0.717) is 0 Å². The van der Waals surface area contributed by atoms with Crippen LogP contribution in [0.4, 0.5) is 34.1 Å².